The molecule has 0 saturated carbocycles. The van der Waals surface area contributed by atoms with Crippen molar-refractivity contribution >= 4 is 0 Å². The molecule has 0 spiro atoms. The van der Waals surface area contributed by atoms with Crippen molar-refractivity contribution in [2.45, 2.75) is 26.1 Å². The minimum atomic E-state index is 0.118. The molecule has 130 valence electrons. The van der Waals surface area contributed by atoms with Crippen LogP contribution in [0.5, 0.6) is 0 Å². The molecule has 7 nitrogen and oxygen atoms in total. The van der Waals surface area contributed by atoms with Crippen LogP contribution in [0.3, 0.4) is 0 Å². The van der Waals surface area contributed by atoms with Crippen LogP contribution in [0, 0.1) is 6.92 Å². The fourth-order valence-corrected chi connectivity index (χ4v) is 3.10. The third-order valence-electron chi connectivity index (χ3n) is 4.39. The largest absolute Gasteiger partial charge is 0.374 e. The summed E-state index contributed by atoms with van der Waals surface area (Å²) in [5.41, 5.74) is 2.15. The van der Waals surface area contributed by atoms with E-state index in [1.807, 2.05) is 48.1 Å². The lowest BCUT2D eigenvalue weighted by atomic mass is 10.1. The Bertz CT molecular complexity index is 815. The average molecular weight is 339 g/mol. The van der Waals surface area contributed by atoms with Crippen molar-refractivity contribution in [3.8, 4) is 11.4 Å². The predicted molar refractivity (Wildman–Crippen MR) is 91.7 cm³/mol. The van der Waals surface area contributed by atoms with Gasteiger partial charge < -0.3 is 9.26 Å². The number of morpholine rings is 1. The SMILES string of the molecule is Cc1ccccc1-c1noc(CN2CCO[C@H](Cn3cccn3)C2)n1. The highest BCUT2D eigenvalue weighted by atomic mass is 16.5. The first-order chi connectivity index (χ1) is 12.3. The molecule has 2 aromatic heterocycles. The number of nitrogens with zero attached hydrogens (tertiary/aromatic N) is 5. The van der Waals surface area contributed by atoms with Crippen molar-refractivity contribution in [3.63, 3.8) is 0 Å². The maximum absolute atomic E-state index is 5.84. The zero-order valence-electron chi connectivity index (χ0n) is 14.2. The lowest BCUT2D eigenvalue weighted by molar-refractivity contribution is -0.0426. The highest BCUT2D eigenvalue weighted by Gasteiger charge is 2.23. The van der Waals surface area contributed by atoms with Gasteiger partial charge >= 0.3 is 0 Å². The van der Waals surface area contributed by atoms with Gasteiger partial charge in [0, 0.05) is 31.0 Å². The molecule has 0 amide bonds. The Hall–Kier alpha value is -2.51. The van der Waals surface area contributed by atoms with Gasteiger partial charge in [0.25, 0.3) is 0 Å². The molecule has 1 aliphatic rings. The summed E-state index contributed by atoms with van der Waals surface area (Å²) in [6.45, 7) is 5.82. The first-order valence-corrected chi connectivity index (χ1v) is 8.48. The van der Waals surface area contributed by atoms with Gasteiger partial charge in [-0.05, 0) is 18.6 Å². The Morgan fingerprint density at radius 1 is 1.24 bits per heavy atom. The summed E-state index contributed by atoms with van der Waals surface area (Å²) in [7, 11) is 0. The van der Waals surface area contributed by atoms with Gasteiger partial charge in [-0.1, -0.05) is 29.4 Å². The number of hydrogen-bond donors (Lipinski definition) is 0. The predicted octanol–water partition coefficient (Wildman–Crippen LogP) is 2.14. The fraction of sp³-hybridized carbons (Fsp3) is 0.389. The lowest BCUT2D eigenvalue weighted by Gasteiger charge is -2.31. The number of rotatable bonds is 5. The summed E-state index contributed by atoms with van der Waals surface area (Å²) < 4.78 is 13.2. The van der Waals surface area contributed by atoms with Crippen LogP contribution in [0.25, 0.3) is 11.4 Å². The van der Waals surface area contributed by atoms with Crippen LogP contribution in [-0.2, 0) is 17.8 Å². The van der Waals surface area contributed by atoms with Gasteiger partial charge in [0.1, 0.15) is 0 Å². The molecule has 1 aromatic carbocycles. The number of aryl methyl sites for hydroxylation is 1. The summed E-state index contributed by atoms with van der Waals surface area (Å²) in [5, 5.41) is 8.38. The van der Waals surface area contributed by atoms with Gasteiger partial charge in [0.05, 0.1) is 25.8 Å². The summed E-state index contributed by atoms with van der Waals surface area (Å²) in [6.07, 6.45) is 3.85. The first kappa shape index (κ1) is 16.0. The molecule has 25 heavy (non-hydrogen) atoms. The molecule has 1 atom stereocenters. The molecule has 0 bridgehead atoms. The molecular formula is C18H21N5O2. The Labute approximate surface area is 146 Å². The second kappa shape index (κ2) is 7.16. The van der Waals surface area contributed by atoms with Gasteiger partial charge in [0.15, 0.2) is 0 Å². The summed E-state index contributed by atoms with van der Waals surface area (Å²) in [5.74, 6) is 1.28. The van der Waals surface area contributed by atoms with E-state index in [-0.39, 0.29) is 6.10 Å². The van der Waals surface area contributed by atoms with E-state index >= 15 is 0 Å². The molecule has 3 aromatic rings. The van der Waals surface area contributed by atoms with Crippen molar-refractivity contribution in [2.24, 2.45) is 0 Å². The van der Waals surface area contributed by atoms with E-state index in [0.29, 0.717) is 24.9 Å². The van der Waals surface area contributed by atoms with Crippen LogP contribution in [0.1, 0.15) is 11.5 Å². The van der Waals surface area contributed by atoms with E-state index in [9.17, 15) is 0 Å². The van der Waals surface area contributed by atoms with Crippen LogP contribution in [0.15, 0.2) is 47.2 Å². The fourth-order valence-electron chi connectivity index (χ4n) is 3.10. The molecule has 7 heteroatoms. The summed E-state index contributed by atoms with van der Waals surface area (Å²) in [6, 6.07) is 9.98. The van der Waals surface area contributed by atoms with E-state index < -0.39 is 0 Å². The van der Waals surface area contributed by atoms with E-state index in [0.717, 1.165) is 30.8 Å². The molecule has 1 fully saturated rings. The molecular weight excluding hydrogens is 318 g/mol. The topological polar surface area (TPSA) is 69.2 Å². The molecule has 3 heterocycles. The van der Waals surface area contributed by atoms with E-state index in [1.165, 1.54) is 0 Å². The van der Waals surface area contributed by atoms with Gasteiger partial charge in [-0.2, -0.15) is 10.1 Å². The van der Waals surface area contributed by atoms with Crippen molar-refractivity contribution in [2.75, 3.05) is 19.7 Å². The highest BCUT2D eigenvalue weighted by Crippen LogP contribution is 2.20. The Morgan fingerprint density at radius 3 is 3.00 bits per heavy atom. The number of benzene rings is 1. The van der Waals surface area contributed by atoms with Gasteiger partial charge in [0.2, 0.25) is 11.7 Å². The van der Waals surface area contributed by atoms with Crippen LogP contribution >= 0.6 is 0 Å². The van der Waals surface area contributed by atoms with Gasteiger partial charge in [-0.15, -0.1) is 0 Å². The molecule has 1 saturated heterocycles. The zero-order chi connectivity index (χ0) is 17.1. The molecule has 1 aliphatic heterocycles. The third-order valence-corrected chi connectivity index (χ3v) is 4.39. The molecule has 0 radical (unpaired) electrons. The van der Waals surface area contributed by atoms with E-state index in [4.69, 9.17) is 9.26 Å². The zero-order valence-corrected chi connectivity index (χ0v) is 14.2. The van der Waals surface area contributed by atoms with Crippen LogP contribution in [-0.4, -0.2) is 50.6 Å². The average Bonchev–Trinajstić information content (AvgIpc) is 3.28. The first-order valence-electron chi connectivity index (χ1n) is 8.48. The molecule has 0 aliphatic carbocycles. The minimum Gasteiger partial charge on any atom is -0.374 e. The quantitative estimate of drug-likeness (QED) is 0.709. The Kier molecular flexibility index (Phi) is 4.58. The number of ether oxygens (including phenoxy) is 1. The lowest BCUT2D eigenvalue weighted by Crippen LogP contribution is -2.43. The smallest absolute Gasteiger partial charge is 0.241 e. The van der Waals surface area contributed by atoms with E-state index in [1.54, 1.807) is 6.20 Å². The second-order valence-electron chi connectivity index (χ2n) is 6.28. The molecule has 4 rings (SSSR count). The van der Waals surface area contributed by atoms with Crippen LogP contribution < -0.4 is 0 Å². The van der Waals surface area contributed by atoms with Crippen molar-refractivity contribution in [1.82, 2.24) is 24.8 Å². The molecule has 0 unspecified atom stereocenters. The third kappa shape index (κ3) is 3.78. The Balaban J connectivity index is 1.39. The van der Waals surface area contributed by atoms with Crippen molar-refractivity contribution < 1.29 is 9.26 Å². The number of hydrogen-bond acceptors (Lipinski definition) is 6. The summed E-state index contributed by atoms with van der Waals surface area (Å²) >= 11 is 0. The van der Waals surface area contributed by atoms with Crippen molar-refractivity contribution in [3.05, 3.63) is 54.2 Å². The van der Waals surface area contributed by atoms with E-state index in [2.05, 4.69) is 20.1 Å². The monoisotopic (exact) mass is 339 g/mol. The maximum atomic E-state index is 5.84. The number of aromatic nitrogens is 4. The maximum Gasteiger partial charge on any atom is 0.241 e. The normalized spacial score (nSPS) is 18.5. The summed E-state index contributed by atoms with van der Waals surface area (Å²) in [4.78, 5) is 6.84. The van der Waals surface area contributed by atoms with Gasteiger partial charge in [-0.3, -0.25) is 9.58 Å². The second-order valence-corrected chi connectivity index (χ2v) is 6.28. The van der Waals surface area contributed by atoms with Crippen LogP contribution in [0.2, 0.25) is 0 Å². The standard InChI is InChI=1S/C18H21N5O2/c1-14-5-2-3-6-16(14)18-20-17(25-21-18)13-22-9-10-24-15(11-22)12-23-8-4-7-19-23/h2-8,15H,9-13H2,1H3/t15-/m0/s1. The minimum absolute atomic E-state index is 0.118. The highest BCUT2D eigenvalue weighted by molar-refractivity contribution is 5.58. The van der Waals surface area contributed by atoms with Crippen molar-refractivity contribution in [1.29, 1.82) is 0 Å². The Morgan fingerprint density at radius 2 is 2.16 bits per heavy atom. The van der Waals surface area contributed by atoms with Crippen LogP contribution in [0.4, 0.5) is 0 Å². The molecule has 0 N–H and O–H groups in total. The van der Waals surface area contributed by atoms with Gasteiger partial charge in [-0.25, -0.2) is 0 Å².